The first-order chi connectivity index (χ1) is 15.3. The molecule has 1 aromatic heterocycles. The van der Waals surface area contributed by atoms with Gasteiger partial charge in [0, 0.05) is 24.7 Å². The fraction of sp³-hybridized carbons (Fsp3) is 0.435. The molecule has 2 aliphatic rings. The monoisotopic (exact) mass is 475 g/mol. The molecule has 170 valence electrons. The fourth-order valence-corrected chi connectivity index (χ4v) is 6.70. The quantitative estimate of drug-likeness (QED) is 0.551. The van der Waals surface area contributed by atoms with Crippen LogP contribution in [0.4, 0.5) is 4.39 Å². The molecule has 0 aliphatic carbocycles. The summed E-state index contributed by atoms with van der Waals surface area (Å²) in [5, 5.41) is 0.500. The van der Waals surface area contributed by atoms with Crippen molar-refractivity contribution in [2.45, 2.75) is 50.2 Å². The van der Waals surface area contributed by atoms with E-state index in [2.05, 4.69) is 26.7 Å². The minimum atomic E-state index is -3.15. The van der Waals surface area contributed by atoms with Crippen molar-refractivity contribution in [1.29, 1.82) is 0 Å². The SMILES string of the molecule is CS(=O)(=O)NC1CC2CC[C@@H](C1)N2CCc1ccc(Oc2nc3ccc(F)cc3s2)cc1. The summed E-state index contributed by atoms with van der Waals surface area (Å²) in [6, 6.07) is 13.5. The van der Waals surface area contributed by atoms with Crippen LogP contribution in [0.25, 0.3) is 10.2 Å². The van der Waals surface area contributed by atoms with Gasteiger partial charge in [0.05, 0.1) is 16.5 Å². The van der Waals surface area contributed by atoms with Crippen LogP contribution in [-0.2, 0) is 16.4 Å². The number of hydrogen-bond donors (Lipinski definition) is 1. The lowest BCUT2D eigenvalue weighted by Gasteiger charge is -2.39. The average molecular weight is 476 g/mol. The predicted molar refractivity (Wildman–Crippen MR) is 124 cm³/mol. The van der Waals surface area contributed by atoms with Gasteiger partial charge in [-0.1, -0.05) is 23.5 Å². The molecular formula is C23H26FN3O3S2. The van der Waals surface area contributed by atoms with Crippen molar-refractivity contribution in [2.75, 3.05) is 12.8 Å². The molecule has 2 bridgehead atoms. The number of benzene rings is 2. The maximum atomic E-state index is 13.4. The molecule has 2 aliphatic heterocycles. The lowest BCUT2D eigenvalue weighted by Crippen LogP contribution is -2.50. The molecule has 3 aromatic rings. The van der Waals surface area contributed by atoms with Gasteiger partial charge in [-0.05, 0) is 68.0 Å². The summed E-state index contributed by atoms with van der Waals surface area (Å²) in [5.41, 5.74) is 1.97. The fourth-order valence-electron chi connectivity index (χ4n) is 5.04. The maximum absolute atomic E-state index is 13.4. The van der Waals surface area contributed by atoms with Crippen LogP contribution in [0.5, 0.6) is 10.9 Å². The number of nitrogens with one attached hydrogen (secondary N) is 1. The van der Waals surface area contributed by atoms with Gasteiger partial charge in [-0.25, -0.2) is 22.5 Å². The molecule has 1 N–H and O–H groups in total. The molecule has 2 unspecified atom stereocenters. The van der Waals surface area contributed by atoms with E-state index in [-0.39, 0.29) is 11.9 Å². The van der Waals surface area contributed by atoms with E-state index in [0.29, 0.717) is 23.0 Å². The van der Waals surface area contributed by atoms with Gasteiger partial charge in [-0.3, -0.25) is 4.90 Å². The van der Waals surface area contributed by atoms with Gasteiger partial charge in [0.1, 0.15) is 11.6 Å². The Hall–Kier alpha value is -2.07. The van der Waals surface area contributed by atoms with Crippen molar-refractivity contribution in [3.63, 3.8) is 0 Å². The number of sulfonamides is 1. The van der Waals surface area contributed by atoms with Gasteiger partial charge in [0.2, 0.25) is 10.0 Å². The van der Waals surface area contributed by atoms with Crippen LogP contribution in [0.15, 0.2) is 42.5 Å². The zero-order valence-electron chi connectivity index (χ0n) is 17.8. The van der Waals surface area contributed by atoms with Gasteiger partial charge < -0.3 is 4.74 Å². The van der Waals surface area contributed by atoms with Crippen molar-refractivity contribution in [1.82, 2.24) is 14.6 Å². The number of thiazole rings is 1. The predicted octanol–water partition coefficient (Wildman–Crippen LogP) is 4.31. The van der Waals surface area contributed by atoms with Crippen molar-refractivity contribution in [2.24, 2.45) is 0 Å². The van der Waals surface area contributed by atoms with Gasteiger partial charge in [-0.2, -0.15) is 0 Å². The molecule has 9 heteroatoms. The maximum Gasteiger partial charge on any atom is 0.279 e. The van der Waals surface area contributed by atoms with Gasteiger partial charge >= 0.3 is 0 Å². The molecule has 6 nitrogen and oxygen atoms in total. The van der Waals surface area contributed by atoms with E-state index in [1.54, 1.807) is 6.07 Å². The zero-order chi connectivity index (χ0) is 22.3. The molecule has 2 aromatic carbocycles. The summed E-state index contributed by atoms with van der Waals surface area (Å²) in [6.45, 7) is 0.977. The van der Waals surface area contributed by atoms with Crippen LogP contribution in [0, 0.1) is 5.82 Å². The number of hydrogen-bond acceptors (Lipinski definition) is 6. The Morgan fingerprint density at radius 2 is 1.88 bits per heavy atom. The number of rotatable bonds is 7. The Labute approximate surface area is 191 Å². The second-order valence-corrected chi connectivity index (χ2v) is 11.5. The first kappa shape index (κ1) is 21.8. The summed E-state index contributed by atoms with van der Waals surface area (Å²) >= 11 is 1.33. The average Bonchev–Trinajstić information content (AvgIpc) is 3.22. The molecule has 3 atom stereocenters. The van der Waals surface area contributed by atoms with E-state index in [0.717, 1.165) is 48.9 Å². The summed E-state index contributed by atoms with van der Waals surface area (Å²) in [5.74, 6) is 0.433. The third kappa shape index (κ3) is 4.96. The second kappa shape index (κ2) is 8.70. The Morgan fingerprint density at radius 1 is 1.16 bits per heavy atom. The minimum absolute atomic E-state index is 0.0641. The third-order valence-electron chi connectivity index (χ3n) is 6.38. The number of ether oxygens (including phenoxy) is 1. The molecule has 32 heavy (non-hydrogen) atoms. The standard InChI is InChI=1S/C23H26FN3O3S2/c1-32(28,29)26-17-13-18-5-6-19(14-17)27(18)11-10-15-2-7-20(8-3-15)30-23-25-21-9-4-16(24)12-22(21)31-23/h2-4,7-9,12,17-19,26H,5-6,10-11,13-14H2,1H3/t17?,18-,19?/m0/s1. The van der Waals surface area contributed by atoms with Crippen LogP contribution in [0.3, 0.4) is 0 Å². The highest BCUT2D eigenvalue weighted by molar-refractivity contribution is 7.88. The third-order valence-corrected chi connectivity index (χ3v) is 8.04. The Bertz CT molecular complexity index is 1200. The number of fused-ring (bicyclic) bond motifs is 3. The normalized spacial score (nSPS) is 23.6. The van der Waals surface area contributed by atoms with Crippen molar-refractivity contribution in [3.8, 4) is 10.9 Å². The smallest absolute Gasteiger partial charge is 0.279 e. The number of nitrogens with zero attached hydrogens (tertiary/aromatic N) is 2. The highest BCUT2D eigenvalue weighted by Gasteiger charge is 2.40. The van der Waals surface area contributed by atoms with E-state index >= 15 is 0 Å². The van der Waals surface area contributed by atoms with Crippen molar-refractivity contribution in [3.05, 3.63) is 53.8 Å². The first-order valence-electron chi connectivity index (χ1n) is 10.9. The van der Waals surface area contributed by atoms with Crippen molar-refractivity contribution >= 4 is 31.6 Å². The zero-order valence-corrected chi connectivity index (χ0v) is 19.5. The summed E-state index contributed by atoms with van der Waals surface area (Å²) in [7, 11) is -3.15. The topological polar surface area (TPSA) is 71.5 Å². The van der Waals surface area contributed by atoms with E-state index in [1.807, 2.05) is 12.1 Å². The van der Waals surface area contributed by atoms with Crippen LogP contribution >= 0.6 is 11.3 Å². The van der Waals surface area contributed by atoms with E-state index in [1.165, 1.54) is 35.3 Å². The van der Waals surface area contributed by atoms with Gasteiger partial charge in [0.25, 0.3) is 5.19 Å². The molecule has 0 saturated carbocycles. The van der Waals surface area contributed by atoms with Crippen LogP contribution < -0.4 is 9.46 Å². The van der Waals surface area contributed by atoms with E-state index in [9.17, 15) is 12.8 Å². The number of halogens is 1. The summed E-state index contributed by atoms with van der Waals surface area (Å²) < 4.78 is 45.9. The van der Waals surface area contributed by atoms with E-state index in [4.69, 9.17) is 4.74 Å². The minimum Gasteiger partial charge on any atom is -0.431 e. The Morgan fingerprint density at radius 3 is 2.56 bits per heavy atom. The van der Waals surface area contributed by atoms with Crippen LogP contribution in [0.1, 0.15) is 31.2 Å². The largest absolute Gasteiger partial charge is 0.431 e. The second-order valence-electron chi connectivity index (χ2n) is 8.77. The van der Waals surface area contributed by atoms with E-state index < -0.39 is 10.0 Å². The van der Waals surface area contributed by atoms with Gasteiger partial charge in [0.15, 0.2) is 0 Å². The van der Waals surface area contributed by atoms with Crippen LogP contribution in [-0.4, -0.2) is 49.2 Å². The summed E-state index contributed by atoms with van der Waals surface area (Å²) in [6.07, 6.45) is 6.25. The lowest BCUT2D eigenvalue weighted by molar-refractivity contribution is 0.125. The molecule has 5 rings (SSSR count). The summed E-state index contributed by atoms with van der Waals surface area (Å²) in [4.78, 5) is 6.96. The van der Waals surface area contributed by atoms with Crippen molar-refractivity contribution < 1.29 is 17.5 Å². The van der Waals surface area contributed by atoms with Gasteiger partial charge in [-0.15, -0.1) is 0 Å². The molecule has 3 heterocycles. The highest BCUT2D eigenvalue weighted by atomic mass is 32.2. The lowest BCUT2D eigenvalue weighted by atomic mass is 9.97. The molecule has 0 spiro atoms. The molecule has 0 radical (unpaired) electrons. The molecule has 2 saturated heterocycles. The first-order valence-corrected chi connectivity index (χ1v) is 13.6. The molecule has 2 fully saturated rings. The molecule has 0 amide bonds. The highest BCUT2D eigenvalue weighted by Crippen LogP contribution is 2.36. The number of aromatic nitrogens is 1. The Balaban J connectivity index is 1.17. The number of piperidine rings is 1. The Kier molecular flexibility index (Phi) is 5.92. The van der Waals surface area contributed by atoms with Crippen LogP contribution in [0.2, 0.25) is 0 Å². The molecular weight excluding hydrogens is 449 g/mol.